The van der Waals surface area contributed by atoms with Crippen LogP contribution in [-0.4, -0.2) is 37.7 Å². The number of carbonyl (C=O) groups is 2. The molecular formula is C19H21F3N6O3. The normalized spacial score (nSPS) is 11.6. The van der Waals surface area contributed by atoms with Gasteiger partial charge < -0.3 is 15.2 Å². The van der Waals surface area contributed by atoms with Crippen molar-refractivity contribution in [2.24, 2.45) is 0 Å². The lowest BCUT2D eigenvalue weighted by Crippen LogP contribution is -2.24. The quantitative estimate of drug-likeness (QED) is 0.559. The van der Waals surface area contributed by atoms with E-state index in [4.69, 9.17) is 4.52 Å². The highest BCUT2D eigenvalue weighted by molar-refractivity contribution is 5.96. The van der Waals surface area contributed by atoms with Crippen molar-refractivity contribution in [3.8, 4) is 0 Å². The lowest BCUT2D eigenvalue weighted by Gasteiger charge is -2.07. The molecule has 0 unspecified atom stereocenters. The molecule has 0 atom stereocenters. The lowest BCUT2D eigenvalue weighted by molar-refractivity contribution is -0.144. The minimum Gasteiger partial charge on any atom is -0.361 e. The van der Waals surface area contributed by atoms with Crippen molar-refractivity contribution >= 4 is 17.5 Å². The molecule has 12 heteroatoms. The molecule has 9 nitrogen and oxygen atoms in total. The highest BCUT2D eigenvalue weighted by Crippen LogP contribution is 2.21. The molecule has 3 heterocycles. The van der Waals surface area contributed by atoms with E-state index in [0.29, 0.717) is 40.3 Å². The standard InChI is InChI=1S/C19H21F3N6O3/c1-3-14-17(11(2)31-27-14)18(30)24-9-13-10-28-15(26-13)6-12(8-25-28)7-23-16(29)4-5-19(20,21)22/h6,8,10H,3-5,7,9H2,1-2H3,(H,23,29)(H,24,30). The van der Waals surface area contributed by atoms with Gasteiger partial charge in [0.05, 0.1) is 36.7 Å². The number of nitrogens with one attached hydrogen (secondary N) is 2. The fourth-order valence-corrected chi connectivity index (χ4v) is 2.90. The van der Waals surface area contributed by atoms with Crippen LogP contribution >= 0.6 is 0 Å². The molecule has 3 aromatic heterocycles. The van der Waals surface area contributed by atoms with Crippen LogP contribution in [0.25, 0.3) is 5.65 Å². The molecule has 0 aliphatic rings. The number of fused-ring (bicyclic) bond motifs is 1. The summed E-state index contributed by atoms with van der Waals surface area (Å²) in [6.07, 6.45) is -2.48. The lowest BCUT2D eigenvalue weighted by atomic mass is 10.1. The zero-order valence-electron chi connectivity index (χ0n) is 16.9. The molecule has 0 bridgehead atoms. The Morgan fingerprint density at radius 1 is 1.23 bits per heavy atom. The summed E-state index contributed by atoms with van der Waals surface area (Å²) in [5.41, 5.74) is 2.60. The SMILES string of the molecule is CCc1noc(C)c1C(=O)NCc1cn2ncc(CNC(=O)CCC(F)(F)F)cc2n1. The minimum atomic E-state index is -4.37. The number of aromatic nitrogens is 4. The van der Waals surface area contributed by atoms with Gasteiger partial charge in [0.15, 0.2) is 5.65 Å². The number of hydrogen-bond donors (Lipinski definition) is 2. The van der Waals surface area contributed by atoms with Crippen molar-refractivity contribution in [1.82, 2.24) is 30.4 Å². The number of alkyl halides is 3. The number of aryl methyl sites for hydroxylation is 2. The molecule has 0 aliphatic heterocycles. The summed E-state index contributed by atoms with van der Waals surface area (Å²) >= 11 is 0. The second kappa shape index (κ2) is 9.14. The molecule has 0 saturated carbocycles. The topological polar surface area (TPSA) is 114 Å². The van der Waals surface area contributed by atoms with Crippen molar-refractivity contribution < 1.29 is 27.3 Å². The van der Waals surface area contributed by atoms with Crippen molar-refractivity contribution in [3.05, 3.63) is 46.7 Å². The average molecular weight is 438 g/mol. The van der Waals surface area contributed by atoms with Gasteiger partial charge in [-0.2, -0.15) is 18.3 Å². The molecule has 0 aliphatic carbocycles. The first-order valence-electron chi connectivity index (χ1n) is 9.56. The van der Waals surface area contributed by atoms with E-state index in [1.165, 1.54) is 10.7 Å². The van der Waals surface area contributed by atoms with E-state index in [1.807, 2.05) is 6.92 Å². The molecule has 0 spiro atoms. The number of hydrogen-bond acceptors (Lipinski definition) is 6. The summed E-state index contributed by atoms with van der Waals surface area (Å²) in [5, 5.41) is 13.2. The Morgan fingerprint density at radius 3 is 2.71 bits per heavy atom. The Morgan fingerprint density at radius 2 is 2.00 bits per heavy atom. The highest BCUT2D eigenvalue weighted by atomic mass is 19.4. The maximum absolute atomic E-state index is 12.4. The number of nitrogens with zero attached hydrogens (tertiary/aromatic N) is 4. The Balaban J connectivity index is 1.58. The molecule has 166 valence electrons. The second-order valence-corrected chi connectivity index (χ2v) is 6.89. The van der Waals surface area contributed by atoms with Crippen LogP contribution < -0.4 is 10.6 Å². The third kappa shape index (κ3) is 5.80. The Bertz CT molecular complexity index is 1090. The summed E-state index contributed by atoms with van der Waals surface area (Å²) in [7, 11) is 0. The van der Waals surface area contributed by atoms with Gasteiger partial charge in [-0.1, -0.05) is 12.1 Å². The number of rotatable bonds is 8. The number of halogens is 3. The van der Waals surface area contributed by atoms with Crippen molar-refractivity contribution in [2.75, 3.05) is 0 Å². The first-order chi connectivity index (χ1) is 14.7. The van der Waals surface area contributed by atoms with E-state index < -0.39 is 24.9 Å². The van der Waals surface area contributed by atoms with Crippen molar-refractivity contribution in [1.29, 1.82) is 0 Å². The largest absolute Gasteiger partial charge is 0.389 e. The highest BCUT2D eigenvalue weighted by Gasteiger charge is 2.27. The molecular weight excluding hydrogens is 417 g/mol. The van der Waals surface area contributed by atoms with Gasteiger partial charge in [0, 0.05) is 13.0 Å². The summed E-state index contributed by atoms with van der Waals surface area (Å²) in [4.78, 5) is 28.4. The van der Waals surface area contributed by atoms with E-state index >= 15 is 0 Å². The molecule has 2 N–H and O–H groups in total. The van der Waals surface area contributed by atoms with E-state index in [0.717, 1.165) is 0 Å². The van der Waals surface area contributed by atoms with Crippen LogP contribution in [0.2, 0.25) is 0 Å². The summed E-state index contributed by atoms with van der Waals surface area (Å²) in [6.45, 7) is 3.72. The summed E-state index contributed by atoms with van der Waals surface area (Å²) in [6, 6.07) is 1.65. The Hall–Kier alpha value is -3.44. The second-order valence-electron chi connectivity index (χ2n) is 6.89. The van der Waals surface area contributed by atoms with Crippen LogP contribution in [0.4, 0.5) is 13.2 Å². The third-order valence-corrected chi connectivity index (χ3v) is 4.48. The zero-order chi connectivity index (χ0) is 22.6. The maximum Gasteiger partial charge on any atom is 0.389 e. The van der Waals surface area contributed by atoms with Crippen molar-refractivity contribution in [3.63, 3.8) is 0 Å². The van der Waals surface area contributed by atoms with E-state index in [-0.39, 0.29) is 19.0 Å². The van der Waals surface area contributed by atoms with Crippen LogP contribution in [-0.2, 0) is 24.3 Å². The van der Waals surface area contributed by atoms with Gasteiger partial charge >= 0.3 is 6.18 Å². The van der Waals surface area contributed by atoms with Gasteiger partial charge in [0.2, 0.25) is 5.91 Å². The molecule has 0 saturated heterocycles. The van der Waals surface area contributed by atoms with Crippen LogP contribution in [0.15, 0.2) is 23.0 Å². The van der Waals surface area contributed by atoms with Gasteiger partial charge in [-0.25, -0.2) is 9.50 Å². The summed E-state index contributed by atoms with van der Waals surface area (Å²) < 4.78 is 43.1. The third-order valence-electron chi connectivity index (χ3n) is 4.48. The minimum absolute atomic E-state index is 0.0334. The average Bonchev–Trinajstić information content (AvgIpc) is 3.30. The van der Waals surface area contributed by atoms with Gasteiger partial charge in [0.1, 0.15) is 11.3 Å². The number of amides is 2. The fourth-order valence-electron chi connectivity index (χ4n) is 2.90. The molecule has 0 radical (unpaired) electrons. The van der Waals surface area contributed by atoms with Crippen LogP contribution in [0.3, 0.4) is 0 Å². The molecule has 0 fully saturated rings. The smallest absolute Gasteiger partial charge is 0.361 e. The molecule has 2 amide bonds. The monoisotopic (exact) mass is 438 g/mol. The van der Waals surface area contributed by atoms with E-state index in [1.54, 1.807) is 19.2 Å². The fraction of sp³-hybridized carbons (Fsp3) is 0.421. The molecule has 3 rings (SSSR count). The zero-order valence-corrected chi connectivity index (χ0v) is 16.9. The molecule has 0 aromatic carbocycles. The maximum atomic E-state index is 12.4. The van der Waals surface area contributed by atoms with Gasteiger partial charge in [-0.05, 0) is 25.0 Å². The van der Waals surface area contributed by atoms with Crippen LogP contribution in [0.1, 0.15) is 52.8 Å². The Labute approximate surface area is 175 Å². The molecule has 31 heavy (non-hydrogen) atoms. The van der Waals surface area contributed by atoms with Gasteiger partial charge in [0.25, 0.3) is 5.91 Å². The van der Waals surface area contributed by atoms with Crippen molar-refractivity contribution in [2.45, 2.75) is 52.4 Å². The number of carbonyl (C=O) groups excluding carboxylic acids is 2. The summed E-state index contributed by atoms with van der Waals surface area (Å²) in [5.74, 6) is -0.574. The molecule has 3 aromatic rings. The predicted octanol–water partition coefficient (Wildman–Crippen LogP) is 2.48. The van der Waals surface area contributed by atoms with Crippen LogP contribution in [0.5, 0.6) is 0 Å². The number of imidazole rings is 1. The van der Waals surface area contributed by atoms with E-state index in [2.05, 4.69) is 25.9 Å². The first-order valence-corrected chi connectivity index (χ1v) is 9.56. The van der Waals surface area contributed by atoms with Gasteiger partial charge in [-0.15, -0.1) is 0 Å². The Kier molecular flexibility index (Phi) is 6.56. The first kappa shape index (κ1) is 22.2. The predicted molar refractivity (Wildman–Crippen MR) is 102 cm³/mol. The van der Waals surface area contributed by atoms with Gasteiger partial charge in [-0.3, -0.25) is 9.59 Å². The van der Waals surface area contributed by atoms with Crippen LogP contribution in [0, 0.1) is 6.92 Å². The van der Waals surface area contributed by atoms with E-state index in [9.17, 15) is 22.8 Å².